The first kappa shape index (κ1) is 21.9. The molecule has 162 valence electrons. The Bertz CT molecular complexity index is 1130. The molecule has 31 heavy (non-hydrogen) atoms. The molecule has 2 heterocycles. The third-order valence-corrected chi connectivity index (χ3v) is 4.81. The zero-order valence-electron chi connectivity index (χ0n) is 17.9. The zero-order chi connectivity index (χ0) is 22.4. The van der Waals surface area contributed by atoms with Gasteiger partial charge in [0, 0.05) is 23.9 Å². The molecule has 0 unspecified atom stereocenters. The van der Waals surface area contributed by atoms with Gasteiger partial charge >= 0.3 is 11.8 Å². The van der Waals surface area contributed by atoms with E-state index in [4.69, 9.17) is 0 Å². The molecule has 0 radical (unpaired) electrons. The molecule has 0 fully saturated rings. The monoisotopic (exact) mass is 422 g/mol. The van der Waals surface area contributed by atoms with E-state index in [0.717, 1.165) is 6.42 Å². The Balaban J connectivity index is 1.64. The van der Waals surface area contributed by atoms with Crippen LogP contribution in [0.1, 0.15) is 35.9 Å². The van der Waals surface area contributed by atoms with E-state index in [2.05, 4.69) is 25.7 Å². The van der Waals surface area contributed by atoms with Crippen molar-refractivity contribution in [1.29, 1.82) is 0 Å². The molecule has 3 N–H and O–H groups in total. The van der Waals surface area contributed by atoms with Gasteiger partial charge in [-0.05, 0) is 38.7 Å². The van der Waals surface area contributed by atoms with Crippen molar-refractivity contribution in [2.24, 2.45) is 0 Å². The number of aryl methyl sites for hydroxylation is 3. The lowest BCUT2D eigenvalue weighted by atomic mass is 10.1. The van der Waals surface area contributed by atoms with Gasteiger partial charge in [0.1, 0.15) is 5.82 Å². The first-order valence-corrected chi connectivity index (χ1v) is 10.2. The van der Waals surface area contributed by atoms with Crippen LogP contribution in [0, 0.1) is 13.8 Å². The normalized spacial score (nSPS) is 10.7. The highest BCUT2D eigenvalue weighted by Crippen LogP contribution is 2.14. The third kappa shape index (κ3) is 5.44. The SMILES string of the molecule is CCc1c(C)nc(-n2nc(C)cc2NC(=O)C(=O)NCCCc2ccccc2)[nH]c1=O. The first-order valence-electron chi connectivity index (χ1n) is 10.2. The highest BCUT2D eigenvalue weighted by Gasteiger charge is 2.18. The number of carbonyl (C=O) groups is 2. The van der Waals surface area contributed by atoms with Gasteiger partial charge in [-0.3, -0.25) is 19.4 Å². The zero-order valence-corrected chi connectivity index (χ0v) is 17.9. The number of H-pyrrole nitrogens is 1. The lowest BCUT2D eigenvalue weighted by Crippen LogP contribution is -2.36. The summed E-state index contributed by atoms with van der Waals surface area (Å²) >= 11 is 0. The van der Waals surface area contributed by atoms with Gasteiger partial charge in [0.05, 0.1) is 5.69 Å². The van der Waals surface area contributed by atoms with Crippen molar-refractivity contribution in [3.8, 4) is 5.95 Å². The Kier molecular flexibility index (Phi) is 6.96. The van der Waals surface area contributed by atoms with Gasteiger partial charge in [-0.2, -0.15) is 9.78 Å². The molecule has 0 atom stereocenters. The molecule has 0 saturated heterocycles. The number of rotatable bonds is 7. The number of anilines is 1. The van der Waals surface area contributed by atoms with Crippen LogP contribution in [0.4, 0.5) is 5.82 Å². The van der Waals surface area contributed by atoms with Gasteiger partial charge in [0.2, 0.25) is 5.95 Å². The summed E-state index contributed by atoms with van der Waals surface area (Å²) < 4.78 is 1.31. The van der Waals surface area contributed by atoms with Gasteiger partial charge in [-0.15, -0.1) is 0 Å². The van der Waals surface area contributed by atoms with Crippen LogP contribution in [0.2, 0.25) is 0 Å². The van der Waals surface area contributed by atoms with Crippen molar-refractivity contribution >= 4 is 17.6 Å². The van der Waals surface area contributed by atoms with Crippen LogP contribution in [0.3, 0.4) is 0 Å². The number of hydrogen-bond donors (Lipinski definition) is 3. The Morgan fingerprint density at radius 2 is 1.87 bits per heavy atom. The van der Waals surface area contributed by atoms with E-state index in [1.807, 2.05) is 37.3 Å². The molecule has 3 aromatic rings. The second-order valence-corrected chi connectivity index (χ2v) is 7.19. The van der Waals surface area contributed by atoms with E-state index in [1.165, 1.54) is 10.2 Å². The predicted molar refractivity (Wildman–Crippen MR) is 117 cm³/mol. The summed E-state index contributed by atoms with van der Waals surface area (Å²) in [5.41, 5.74) is 2.69. The standard InChI is InChI=1S/C22H26N6O3/c1-4-17-15(3)24-22(26-19(17)29)28-18(13-14(2)27-28)25-21(31)20(30)23-12-8-11-16-9-6-5-7-10-16/h5-7,9-10,13H,4,8,11-12H2,1-3H3,(H,23,30)(H,25,31)(H,24,26,29). The highest BCUT2D eigenvalue weighted by molar-refractivity contribution is 6.39. The molecule has 0 spiro atoms. The van der Waals surface area contributed by atoms with Crippen LogP contribution in [0.25, 0.3) is 5.95 Å². The van der Waals surface area contributed by atoms with Crippen LogP contribution < -0.4 is 16.2 Å². The highest BCUT2D eigenvalue weighted by atomic mass is 16.2. The minimum atomic E-state index is -0.815. The van der Waals surface area contributed by atoms with E-state index >= 15 is 0 Å². The molecule has 2 aromatic heterocycles. The van der Waals surface area contributed by atoms with Crippen molar-refractivity contribution in [2.45, 2.75) is 40.0 Å². The molecule has 2 amide bonds. The second-order valence-electron chi connectivity index (χ2n) is 7.19. The molecule has 0 aliphatic heterocycles. The van der Waals surface area contributed by atoms with E-state index in [0.29, 0.717) is 36.3 Å². The van der Waals surface area contributed by atoms with Crippen molar-refractivity contribution in [1.82, 2.24) is 25.1 Å². The number of nitrogens with one attached hydrogen (secondary N) is 3. The minimum absolute atomic E-state index is 0.173. The van der Waals surface area contributed by atoms with E-state index in [1.54, 1.807) is 19.9 Å². The average Bonchev–Trinajstić information content (AvgIpc) is 3.11. The summed E-state index contributed by atoms with van der Waals surface area (Å²) in [4.78, 5) is 43.9. The molecule has 0 bridgehead atoms. The molecule has 1 aromatic carbocycles. The van der Waals surface area contributed by atoms with Crippen LogP contribution >= 0.6 is 0 Å². The van der Waals surface area contributed by atoms with Crippen LogP contribution in [-0.4, -0.2) is 38.1 Å². The Hall–Kier alpha value is -3.75. The number of carbonyl (C=O) groups excluding carboxylic acids is 2. The van der Waals surface area contributed by atoms with Crippen molar-refractivity contribution in [2.75, 3.05) is 11.9 Å². The average molecular weight is 422 g/mol. The molecular formula is C22H26N6O3. The van der Waals surface area contributed by atoms with Crippen LogP contribution in [0.5, 0.6) is 0 Å². The summed E-state index contributed by atoms with van der Waals surface area (Å²) in [5, 5.41) is 9.44. The van der Waals surface area contributed by atoms with Crippen molar-refractivity contribution < 1.29 is 9.59 Å². The van der Waals surface area contributed by atoms with E-state index in [9.17, 15) is 14.4 Å². The lowest BCUT2D eigenvalue weighted by Gasteiger charge is -2.10. The topological polar surface area (TPSA) is 122 Å². The maximum Gasteiger partial charge on any atom is 0.314 e. The molecule has 9 nitrogen and oxygen atoms in total. The number of aromatic amines is 1. The van der Waals surface area contributed by atoms with Crippen LogP contribution in [0.15, 0.2) is 41.2 Å². The Morgan fingerprint density at radius 3 is 2.55 bits per heavy atom. The fraction of sp³-hybridized carbons (Fsp3) is 0.318. The summed E-state index contributed by atoms with van der Waals surface area (Å²) in [6.45, 7) is 5.74. The number of nitrogens with zero attached hydrogens (tertiary/aromatic N) is 3. The fourth-order valence-electron chi connectivity index (χ4n) is 3.25. The van der Waals surface area contributed by atoms with Gasteiger partial charge < -0.3 is 10.6 Å². The lowest BCUT2D eigenvalue weighted by molar-refractivity contribution is -0.136. The first-order chi connectivity index (χ1) is 14.9. The van der Waals surface area contributed by atoms with Crippen molar-refractivity contribution in [3.05, 3.63) is 69.3 Å². The van der Waals surface area contributed by atoms with E-state index in [-0.39, 0.29) is 17.3 Å². The van der Waals surface area contributed by atoms with Gasteiger partial charge in [0.25, 0.3) is 5.56 Å². The molecule has 0 aliphatic carbocycles. The van der Waals surface area contributed by atoms with Gasteiger partial charge in [-0.25, -0.2) is 4.98 Å². The fourth-order valence-corrected chi connectivity index (χ4v) is 3.25. The predicted octanol–water partition coefficient (Wildman–Crippen LogP) is 1.82. The molecule has 0 saturated carbocycles. The quantitative estimate of drug-likeness (QED) is 0.396. The van der Waals surface area contributed by atoms with E-state index < -0.39 is 11.8 Å². The summed E-state index contributed by atoms with van der Waals surface area (Å²) in [5.74, 6) is -1.14. The third-order valence-electron chi connectivity index (χ3n) is 4.81. The maximum absolute atomic E-state index is 12.3. The largest absolute Gasteiger partial charge is 0.348 e. The van der Waals surface area contributed by atoms with Gasteiger partial charge in [0.15, 0.2) is 0 Å². The minimum Gasteiger partial charge on any atom is -0.348 e. The molecule has 9 heteroatoms. The molecule has 0 aliphatic rings. The maximum atomic E-state index is 12.3. The van der Waals surface area contributed by atoms with Crippen molar-refractivity contribution in [3.63, 3.8) is 0 Å². The summed E-state index contributed by atoms with van der Waals surface area (Å²) in [7, 11) is 0. The molecular weight excluding hydrogens is 396 g/mol. The number of amides is 2. The summed E-state index contributed by atoms with van der Waals surface area (Å²) in [6, 6.07) is 11.5. The number of aromatic nitrogens is 4. The summed E-state index contributed by atoms with van der Waals surface area (Å²) in [6.07, 6.45) is 2.08. The van der Waals surface area contributed by atoms with Gasteiger partial charge in [-0.1, -0.05) is 37.3 Å². The van der Waals surface area contributed by atoms with Crippen LogP contribution in [-0.2, 0) is 22.4 Å². The number of benzene rings is 1. The molecule has 3 rings (SSSR count). The Morgan fingerprint density at radius 1 is 1.13 bits per heavy atom. The smallest absolute Gasteiger partial charge is 0.314 e. The number of hydrogen-bond acceptors (Lipinski definition) is 5. The Labute approximate surface area is 179 Å². The second kappa shape index (κ2) is 9.84.